The van der Waals surface area contributed by atoms with E-state index in [0.29, 0.717) is 6.54 Å². The third-order valence-electron chi connectivity index (χ3n) is 2.10. The molecule has 0 bridgehead atoms. The molecule has 0 unspecified atom stereocenters. The molecule has 0 amide bonds. The number of rotatable bonds is 3. The minimum atomic E-state index is 0.0161. The van der Waals surface area contributed by atoms with Crippen LogP contribution in [-0.2, 0) is 17.7 Å². The van der Waals surface area contributed by atoms with Gasteiger partial charge in [-0.05, 0) is 6.42 Å². The third kappa shape index (κ3) is 1.95. The lowest BCUT2D eigenvalue weighted by molar-refractivity contribution is 0.379. The van der Waals surface area contributed by atoms with Crippen LogP contribution >= 0.6 is 0 Å². The Hall–Kier alpha value is -1.16. The summed E-state index contributed by atoms with van der Waals surface area (Å²) in [5.74, 6) is 0. The van der Waals surface area contributed by atoms with Gasteiger partial charge in [0.1, 0.15) is 0 Å². The maximum absolute atomic E-state index is 11.4. The zero-order valence-electron chi connectivity index (χ0n) is 7.56. The van der Waals surface area contributed by atoms with Crippen LogP contribution in [0.1, 0.15) is 12.6 Å². The van der Waals surface area contributed by atoms with Crippen molar-refractivity contribution in [1.29, 1.82) is 0 Å². The minimum absolute atomic E-state index is 0.0161. The average molecular weight is 180 g/mol. The van der Waals surface area contributed by atoms with Gasteiger partial charge in [-0.1, -0.05) is 6.92 Å². The fourth-order valence-electron chi connectivity index (χ4n) is 1.19. The number of nitrogens with zero attached hydrogens (tertiary/aromatic N) is 2. The summed E-state index contributed by atoms with van der Waals surface area (Å²) >= 11 is 0. The summed E-state index contributed by atoms with van der Waals surface area (Å²) in [6.45, 7) is 3.38. The van der Waals surface area contributed by atoms with Crippen LogP contribution in [0.25, 0.3) is 0 Å². The van der Waals surface area contributed by atoms with Crippen molar-refractivity contribution >= 4 is 0 Å². The zero-order chi connectivity index (χ0) is 9.26. The van der Waals surface area contributed by atoms with E-state index in [2.05, 4.69) is 4.98 Å². The van der Waals surface area contributed by atoms with Crippen LogP contribution < -0.4 is 5.56 Å². The van der Waals surface area contributed by atoms with Gasteiger partial charge in [-0.2, -0.15) is 0 Å². The van der Waals surface area contributed by atoms with Crippen LogP contribution in [0.4, 0.5) is 0 Å². The normalized spacial score (nSPS) is 20.2. The smallest absolute Gasteiger partial charge is 0.253 e. The van der Waals surface area contributed by atoms with Crippen LogP contribution in [0.15, 0.2) is 17.2 Å². The Kier molecular flexibility index (Phi) is 2.14. The van der Waals surface area contributed by atoms with Gasteiger partial charge in [-0.3, -0.25) is 9.36 Å². The Balaban J connectivity index is 2.20. The number of epoxide rings is 1. The van der Waals surface area contributed by atoms with Gasteiger partial charge in [-0.25, -0.2) is 4.98 Å². The SMILES string of the molecule is CCc1cc(=O)n(C[C@@H]2CO2)cn1. The summed E-state index contributed by atoms with van der Waals surface area (Å²) < 4.78 is 6.63. The zero-order valence-corrected chi connectivity index (χ0v) is 7.56. The molecule has 1 aliphatic heterocycles. The fraction of sp³-hybridized carbons (Fsp3) is 0.556. The van der Waals surface area contributed by atoms with Crippen LogP contribution in [-0.4, -0.2) is 22.3 Å². The van der Waals surface area contributed by atoms with E-state index in [1.807, 2.05) is 6.92 Å². The van der Waals surface area contributed by atoms with Crippen LogP contribution in [0.2, 0.25) is 0 Å². The summed E-state index contributed by atoms with van der Waals surface area (Å²) in [6.07, 6.45) is 2.63. The van der Waals surface area contributed by atoms with Crippen molar-refractivity contribution < 1.29 is 4.74 Å². The maximum Gasteiger partial charge on any atom is 0.253 e. The molecule has 1 fully saturated rings. The topological polar surface area (TPSA) is 47.4 Å². The largest absolute Gasteiger partial charge is 0.371 e. The first-order valence-electron chi connectivity index (χ1n) is 4.46. The first kappa shape index (κ1) is 8.44. The lowest BCUT2D eigenvalue weighted by Crippen LogP contribution is -2.22. The first-order chi connectivity index (χ1) is 6.29. The van der Waals surface area contributed by atoms with Crippen LogP contribution in [0.3, 0.4) is 0 Å². The molecule has 4 heteroatoms. The predicted molar refractivity (Wildman–Crippen MR) is 47.6 cm³/mol. The van der Waals surface area contributed by atoms with E-state index in [-0.39, 0.29) is 11.7 Å². The minimum Gasteiger partial charge on any atom is -0.371 e. The summed E-state index contributed by atoms with van der Waals surface area (Å²) in [5.41, 5.74) is 0.861. The first-order valence-corrected chi connectivity index (χ1v) is 4.46. The van der Waals surface area contributed by atoms with E-state index < -0.39 is 0 Å². The number of aromatic nitrogens is 2. The monoisotopic (exact) mass is 180 g/mol. The summed E-state index contributed by atoms with van der Waals surface area (Å²) in [7, 11) is 0. The molecule has 2 rings (SSSR count). The average Bonchev–Trinajstić information content (AvgIpc) is 2.92. The number of hydrogen-bond donors (Lipinski definition) is 0. The Morgan fingerprint density at radius 1 is 1.77 bits per heavy atom. The van der Waals surface area contributed by atoms with Crippen molar-refractivity contribution in [2.24, 2.45) is 0 Å². The molecule has 13 heavy (non-hydrogen) atoms. The molecule has 0 aliphatic carbocycles. The fourth-order valence-corrected chi connectivity index (χ4v) is 1.19. The van der Waals surface area contributed by atoms with Gasteiger partial charge < -0.3 is 4.74 Å². The lowest BCUT2D eigenvalue weighted by atomic mass is 10.3. The van der Waals surface area contributed by atoms with Gasteiger partial charge in [0.2, 0.25) is 0 Å². The van der Waals surface area contributed by atoms with E-state index in [9.17, 15) is 4.79 Å². The van der Waals surface area contributed by atoms with Crippen molar-refractivity contribution in [3.05, 3.63) is 28.4 Å². The number of hydrogen-bond acceptors (Lipinski definition) is 3. The quantitative estimate of drug-likeness (QED) is 0.624. The molecular formula is C9H12N2O2. The second-order valence-electron chi connectivity index (χ2n) is 3.18. The van der Waals surface area contributed by atoms with Gasteiger partial charge in [0.05, 0.1) is 25.6 Å². The van der Waals surface area contributed by atoms with Crippen molar-refractivity contribution in [3.63, 3.8) is 0 Å². The van der Waals surface area contributed by atoms with Crippen molar-refractivity contribution in [2.75, 3.05) is 6.61 Å². The maximum atomic E-state index is 11.4. The van der Waals surface area contributed by atoms with Gasteiger partial charge in [0.25, 0.3) is 5.56 Å². The highest BCUT2D eigenvalue weighted by molar-refractivity contribution is 4.99. The number of aryl methyl sites for hydroxylation is 1. The van der Waals surface area contributed by atoms with E-state index in [0.717, 1.165) is 18.7 Å². The predicted octanol–water partition coefficient (Wildman–Crippen LogP) is 0.205. The van der Waals surface area contributed by atoms with Gasteiger partial charge >= 0.3 is 0 Å². The molecule has 0 radical (unpaired) electrons. The van der Waals surface area contributed by atoms with Crippen molar-refractivity contribution in [1.82, 2.24) is 9.55 Å². The third-order valence-corrected chi connectivity index (χ3v) is 2.10. The second kappa shape index (κ2) is 3.30. The van der Waals surface area contributed by atoms with Gasteiger partial charge in [-0.15, -0.1) is 0 Å². The van der Waals surface area contributed by atoms with Crippen molar-refractivity contribution in [2.45, 2.75) is 26.0 Å². The molecule has 0 spiro atoms. The Morgan fingerprint density at radius 2 is 2.54 bits per heavy atom. The second-order valence-corrected chi connectivity index (χ2v) is 3.18. The highest BCUT2D eigenvalue weighted by atomic mass is 16.6. The molecule has 70 valence electrons. The molecule has 0 N–H and O–H groups in total. The Morgan fingerprint density at radius 3 is 3.08 bits per heavy atom. The Bertz CT molecular complexity index is 355. The standard InChI is InChI=1S/C9H12N2O2/c1-2-7-3-9(12)11(6-10-7)4-8-5-13-8/h3,6,8H,2,4-5H2,1H3/t8-/m1/s1. The molecule has 4 nitrogen and oxygen atoms in total. The van der Waals surface area contributed by atoms with Crippen LogP contribution in [0.5, 0.6) is 0 Å². The molecule has 1 saturated heterocycles. The lowest BCUT2D eigenvalue weighted by Gasteiger charge is -2.02. The molecule has 0 aromatic carbocycles. The van der Waals surface area contributed by atoms with Crippen molar-refractivity contribution in [3.8, 4) is 0 Å². The van der Waals surface area contributed by atoms with E-state index in [1.165, 1.54) is 0 Å². The molecule has 2 heterocycles. The summed E-state index contributed by atoms with van der Waals surface area (Å²) in [5, 5.41) is 0. The van der Waals surface area contributed by atoms with E-state index >= 15 is 0 Å². The number of ether oxygens (including phenoxy) is 1. The molecule has 1 aromatic heterocycles. The molecule has 1 aliphatic rings. The highest BCUT2D eigenvalue weighted by Gasteiger charge is 2.23. The summed E-state index contributed by atoms with van der Waals surface area (Å²) in [4.78, 5) is 15.6. The molecule has 1 atom stereocenters. The van der Waals surface area contributed by atoms with Gasteiger partial charge in [0, 0.05) is 11.8 Å². The molecule has 0 saturated carbocycles. The van der Waals surface area contributed by atoms with Gasteiger partial charge in [0.15, 0.2) is 0 Å². The van der Waals surface area contributed by atoms with E-state index in [4.69, 9.17) is 4.74 Å². The Labute approximate surface area is 76.2 Å². The van der Waals surface area contributed by atoms with Crippen LogP contribution in [0, 0.1) is 0 Å². The highest BCUT2D eigenvalue weighted by Crippen LogP contribution is 2.09. The molecular weight excluding hydrogens is 168 g/mol. The molecule has 1 aromatic rings. The summed E-state index contributed by atoms with van der Waals surface area (Å²) in [6, 6.07) is 1.59. The van der Waals surface area contributed by atoms with E-state index in [1.54, 1.807) is 17.0 Å².